The molecule has 0 aliphatic rings. The minimum atomic E-state index is -1.63. The van der Waals surface area contributed by atoms with Crippen molar-refractivity contribution in [2.45, 2.75) is 31.6 Å². The minimum absolute atomic E-state index is 0.129. The van der Waals surface area contributed by atoms with E-state index >= 15 is 0 Å². The van der Waals surface area contributed by atoms with Crippen molar-refractivity contribution in [3.8, 4) is 0 Å². The smallest absolute Gasteiger partial charge is 0.321 e. The fourth-order valence-corrected chi connectivity index (χ4v) is 3.48. The minimum Gasteiger partial charge on any atom is -0.480 e. The van der Waals surface area contributed by atoms with Crippen LogP contribution in [0.15, 0.2) is 35.8 Å². The van der Waals surface area contributed by atoms with Crippen LogP contribution in [0.5, 0.6) is 0 Å². The number of aliphatic carboxylic acids is 1. The van der Waals surface area contributed by atoms with Gasteiger partial charge in [-0.05, 0) is 23.9 Å². The van der Waals surface area contributed by atoms with Crippen LogP contribution in [0.25, 0.3) is 0 Å². The summed E-state index contributed by atoms with van der Waals surface area (Å²) in [5.41, 5.74) is -1.19. The van der Waals surface area contributed by atoms with Crippen LogP contribution in [0.1, 0.15) is 30.2 Å². The third kappa shape index (κ3) is 3.64. The number of rotatable bonds is 9. The number of carbonyl (C=O) groups excluding carboxylic acids is 1. The predicted molar refractivity (Wildman–Crippen MR) is 95.8 cm³/mol. The maximum Gasteiger partial charge on any atom is 0.321 e. The molecule has 2 aromatic rings. The van der Waals surface area contributed by atoms with E-state index in [0.29, 0.717) is 17.7 Å². The quantitative estimate of drug-likeness (QED) is 0.558. The van der Waals surface area contributed by atoms with Crippen molar-refractivity contribution in [3.63, 3.8) is 0 Å². The monoisotopic (exact) mass is 346 g/mol. The zero-order chi connectivity index (χ0) is 17.6. The van der Waals surface area contributed by atoms with E-state index in [-0.39, 0.29) is 6.42 Å². The normalized spacial score (nSPS) is 13.2. The number of thiophene rings is 1. The van der Waals surface area contributed by atoms with Crippen LogP contribution in [0.2, 0.25) is 0 Å². The molecule has 0 amide bonds. The van der Waals surface area contributed by atoms with E-state index in [0.717, 1.165) is 24.3 Å². The molecule has 0 aliphatic heterocycles. The number of carboxylic acid groups (broad SMARTS) is 1. The second kappa shape index (κ2) is 8.06. The summed E-state index contributed by atoms with van der Waals surface area (Å²) in [5, 5.41) is 11.8. The molecule has 0 spiro atoms. The number of aldehydes is 1. The Labute approximate surface area is 146 Å². The number of nitrogens with zero attached hydrogens (tertiary/aromatic N) is 2. The number of carboxylic acids is 1. The van der Waals surface area contributed by atoms with Gasteiger partial charge in [-0.1, -0.05) is 25.5 Å². The lowest BCUT2D eigenvalue weighted by Crippen LogP contribution is -2.41. The van der Waals surface area contributed by atoms with Crippen LogP contribution in [0.3, 0.4) is 0 Å². The number of pyridine rings is 1. The van der Waals surface area contributed by atoms with Gasteiger partial charge in [0, 0.05) is 36.7 Å². The Kier molecular flexibility index (Phi) is 6.09. The number of anilines is 1. The van der Waals surface area contributed by atoms with E-state index in [2.05, 4.69) is 11.9 Å². The summed E-state index contributed by atoms with van der Waals surface area (Å²) in [6.07, 6.45) is 4.30. The van der Waals surface area contributed by atoms with Crippen molar-refractivity contribution >= 4 is 29.4 Å². The molecule has 128 valence electrons. The van der Waals surface area contributed by atoms with Crippen molar-refractivity contribution in [2.75, 3.05) is 18.5 Å². The first-order valence-corrected chi connectivity index (χ1v) is 8.82. The summed E-state index contributed by atoms with van der Waals surface area (Å²) in [6, 6.07) is 7.08. The van der Waals surface area contributed by atoms with Gasteiger partial charge in [0.2, 0.25) is 0 Å². The average molecular weight is 346 g/mol. The van der Waals surface area contributed by atoms with Crippen molar-refractivity contribution in [1.82, 2.24) is 4.98 Å². The highest BCUT2D eigenvalue weighted by Gasteiger charge is 2.43. The van der Waals surface area contributed by atoms with Gasteiger partial charge < -0.3 is 14.8 Å². The van der Waals surface area contributed by atoms with Crippen molar-refractivity contribution < 1.29 is 14.7 Å². The van der Waals surface area contributed by atoms with Gasteiger partial charge in [0.05, 0.1) is 0 Å². The molecule has 0 fully saturated rings. The van der Waals surface area contributed by atoms with Gasteiger partial charge in [-0.15, -0.1) is 11.3 Å². The molecule has 0 saturated carbocycles. The fourth-order valence-electron chi connectivity index (χ4n) is 2.68. The number of carbonyl (C=O) groups is 2. The molecule has 0 saturated heterocycles. The Balaban J connectivity index is 2.50. The van der Waals surface area contributed by atoms with E-state index in [1.54, 1.807) is 18.3 Å². The predicted octanol–water partition coefficient (Wildman–Crippen LogP) is 3.14. The van der Waals surface area contributed by atoms with Gasteiger partial charge in [0.15, 0.2) is 5.41 Å². The largest absolute Gasteiger partial charge is 0.480 e. The lowest BCUT2D eigenvalue weighted by atomic mass is 9.78. The number of hydrogen-bond donors (Lipinski definition) is 1. The van der Waals surface area contributed by atoms with Gasteiger partial charge >= 0.3 is 5.97 Å². The standard InChI is InChI=1S/C18H22N2O3S/c1-3-4-10-20(2)16-15(8-5-9-19-16)18(13-21,17(22)23)12-14-7-6-11-24-14/h5-9,11,13H,3-4,10,12H2,1-2H3,(H,22,23). The van der Waals surface area contributed by atoms with Crippen LogP contribution < -0.4 is 4.90 Å². The summed E-state index contributed by atoms with van der Waals surface area (Å²) in [5.74, 6) is -0.596. The molecule has 0 aliphatic carbocycles. The zero-order valence-electron chi connectivity index (χ0n) is 13.9. The summed E-state index contributed by atoms with van der Waals surface area (Å²) >= 11 is 1.45. The SMILES string of the molecule is CCCCN(C)c1ncccc1C(C=O)(Cc1cccs1)C(=O)O. The van der Waals surface area contributed by atoms with Gasteiger partial charge in [-0.25, -0.2) is 4.98 Å². The summed E-state index contributed by atoms with van der Waals surface area (Å²) < 4.78 is 0. The van der Waals surface area contributed by atoms with E-state index in [4.69, 9.17) is 0 Å². The van der Waals surface area contributed by atoms with Crippen LogP contribution in [0.4, 0.5) is 5.82 Å². The molecule has 5 nitrogen and oxygen atoms in total. The summed E-state index contributed by atoms with van der Waals surface area (Å²) in [7, 11) is 1.88. The van der Waals surface area contributed by atoms with E-state index in [1.165, 1.54) is 11.3 Å². The summed E-state index contributed by atoms with van der Waals surface area (Å²) in [4.78, 5) is 31.2. The molecule has 0 bridgehead atoms. The average Bonchev–Trinajstić information content (AvgIpc) is 3.10. The highest BCUT2D eigenvalue weighted by atomic mass is 32.1. The second-order valence-corrected chi connectivity index (χ2v) is 6.83. The number of hydrogen-bond acceptors (Lipinski definition) is 5. The summed E-state index contributed by atoms with van der Waals surface area (Å²) in [6.45, 7) is 2.85. The Morgan fingerprint density at radius 2 is 2.21 bits per heavy atom. The van der Waals surface area contributed by atoms with E-state index < -0.39 is 11.4 Å². The lowest BCUT2D eigenvalue weighted by molar-refractivity contribution is -0.145. The first kappa shape index (κ1) is 18.1. The van der Waals surface area contributed by atoms with Crippen molar-refractivity contribution in [2.24, 2.45) is 0 Å². The van der Waals surface area contributed by atoms with Crippen LogP contribution in [0, 0.1) is 0 Å². The highest BCUT2D eigenvalue weighted by Crippen LogP contribution is 2.34. The van der Waals surface area contributed by atoms with Crippen LogP contribution >= 0.6 is 11.3 Å². The maximum absolute atomic E-state index is 12.1. The Morgan fingerprint density at radius 3 is 2.79 bits per heavy atom. The molecule has 1 unspecified atom stereocenters. The van der Waals surface area contributed by atoms with Gasteiger partial charge in [-0.2, -0.15) is 0 Å². The van der Waals surface area contributed by atoms with Crippen LogP contribution in [-0.4, -0.2) is 35.9 Å². The van der Waals surface area contributed by atoms with E-state index in [9.17, 15) is 14.7 Å². The topological polar surface area (TPSA) is 70.5 Å². The molecule has 0 radical (unpaired) electrons. The number of unbranched alkanes of at least 4 members (excludes halogenated alkanes) is 1. The maximum atomic E-state index is 12.1. The van der Waals surface area contributed by atoms with E-state index in [1.807, 2.05) is 29.5 Å². The first-order valence-electron chi connectivity index (χ1n) is 7.94. The molecule has 2 rings (SSSR count). The molecule has 0 aromatic carbocycles. The fraction of sp³-hybridized carbons (Fsp3) is 0.389. The zero-order valence-corrected chi connectivity index (χ0v) is 14.8. The van der Waals surface area contributed by atoms with Crippen molar-refractivity contribution in [1.29, 1.82) is 0 Å². The van der Waals surface area contributed by atoms with Gasteiger partial charge in [-0.3, -0.25) is 4.79 Å². The molecule has 2 heterocycles. The molecule has 2 aromatic heterocycles. The molecule has 1 N–H and O–H groups in total. The molecule has 6 heteroatoms. The Bertz CT molecular complexity index is 687. The lowest BCUT2D eigenvalue weighted by Gasteiger charge is -2.29. The first-order chi connectivity index (χ1) is 11.5. The Hall–Kier alpha value is -2.21. The molecular weight excluding hydrogens is 324 g/mol. The molecular formula is C18H22N2O3S. The van der Waals surface area contributed by atoms with Gasteiger partial charge in [0.25, 0.3) is 0 Å². The molecule has 1 atom stereocenters. The highest BCUT2D eigenvalue weighted by molar-refractivity contribution is 7.09. The molecule has 24 heavy (non-hydrogen) atoms. The number of aromatic nitrogens is 1. The van der Waals surface area contributed by atoms with Crippen molar-refractivity contribution in [3.05, 3.63) is 46.3 Å². The third-order valence-corrected chi connectivity index (χ3v) is 4.97. The Morgan fingerprint density at radius 1 is 1.42 bits per heavy atom. The van der Waals surface area contributed by atoms with Crippen LogP contribution in [-0.2, 0) is 21.4 Å². The third-order valence-electron chi connectivity index (χ3n) is 4.09. The van der Waals surface area contributed by atoms with Gasteiger partial charge in [0.1, 0.15) is 12.1 Å². The second-order valence-electron chi connectivity index (χ2n) is 5.80.